The molecule has 0 bridgehead atoms. The van der Waals surface area contributed by atoms with Crippen LogP contribution in [0.25, 0.3) is 0 Å². The van der Waals surface area contributed by atoms with Crippen LogP contribution in [0.15, 0.2) is 29.0 Å². The maximum Gasteiger partial charge on any atom is 0.249 e. The zero-order chi connectivity index (χ0) is 16.9. The summed E-state index contributed by atoms with van der Waals surface area (Å²) in [6.45, 7) is 5.07. The van der Waals surface area contributed by atoms with Crippen LogP contribution in [-0.2, 0) is 11.2 Å². The van der Waals surface area contributed by atoms with Gasteiger partial charge in [-0.15, -0.1) is 0 Å². The van der Waals surface area contributed by atoms with E-state index in [1.807, 2.05) is 17.0 Å². The topological polar surface area (TPSA) is 72.1 Å². The summed E-state index contributed by atoms with van der Waals surface area (Å²) < 4.78 is 5.53. The third-order valence-electron chi connectivity index (χ3n) is 4.28. The standard InChI is InChI=1S/C18H24N4O2/c1-13(2)10-15(22-9-4-3-7-17(22)23)18-20-16(21-24-18)11-14-6-5-8-19-12-14/h5-6,8,12-13,15H,3-4,7,9-11H2,1-2H3. The molecule has 1 unspecified atom stereocenters. The Balaban J connectivity index is 1.79. The monoisotopic (exact) mass is 328 g/mol. The highest BCUT2D eigenvalue weighted by Crippen LogP contribution is 2.30. The second-order valence-electron chi connectivity index (χ2n) is 6.78. The molecule has 1 saturated heterocycles. The predicted molar refractivity (Wildman–Crippen MR) is 89.1 cm³/mol. The summed E-state index contributed by atoms with van der Waals surface area (Å²) in [6.07, 6.45) is 7.59. The molecule has 0 N–H and O–H groups in total. The number of carbonyl (C=O) groups excluding carboxylic acids is 1. The van der Waals surface area contributed by atoms with E-state index in [1.54, 1.807) is 12.4 Å². The molecule has 3 rings (SSSR count). The molecule has 24 heavy (non-hydrogen) atoms. The Hall–Kier alpha value is -2.24. The van der Waals surface area contributed by atoms with Gasteiger partial charge in [-0.3, -0.25) is 9.78 Å². The van der Waals surface area contributed by atoms with Gasteiger partial charge in [-0.05, 0) is 36.8 Å². The van der Waals surface area contributed by atoms with Gasteiger partial charge < -0.3 is 9.42 Å². The lowest BCUT2D eigenvalue weighted by atomic mass is 9.99. The zero-order valence-electron chi connectivity index (χ0n) is 14.3. The van der Waals surface area contributed by atoms with Crippen molar-refractivity contribution in [1.82, 2.24) is 20.0 Å². The van der Waals surface area contributed by atoms with E-state index in [9.17, 15) is 4.79 Å². The van der Waals surface area contributed by atoms with Crippen molar-refractivity contribution < 1.29 is 9.32 Å². The number of pyridine rings is 1. The van der Waals surface area contributed by atoms with Crippen LogP contribution >= 0.6 is 0 Å². The average Bonchev–Trinajstić information content (AvgIpc) is 3.02. The lowest BCUT2D eigenvalue weighted by Crippen LogP contribution is -2.39. The van der Waals surface area contributed by atoms with E-state index in [-0.39, 0.29) is 11.9 Å². The lowest BCUT2D eigenvalue weighted by molar-refractivity contribution is -0.137. The van der Waals surface area contributed by atoms with Gasteiger partial charge in [0.1, 0.15) is 6.04 Å². The number of rotatable bonds is 6. The van der Waals surface area contributed by atoms with Crippen LogP contribution in [0.4, 0.5) is 0 Å². The minimum Gasteiger partial charge on any atom is -0.337 e. The smallest absolute Gasteiger partial charge is 0.249 e. The largest absolute Gasteiger partial charge is 0.337 e. The molecule has 0 aromatic carbocycles. The van der Waals surface area contributed by atoms with Crippen molar-refractivity contribution >= 4 is 5.91 Å². The van der Waals surface area contributed by atoms with Crippen molar-refractivity contribution in [3.05, 3.63) is 41.8 Å². The fraction of sp³-hybridized carbons (Fsp3) is 0.556. The quantitative estimate of drug-likeness (QED) is 0.814. The number of amides is 1. The molecular formula is C18H24N4O2. The van der Waals surface area contributed by atoms with Gasteiger partial charge >= 0.3 is 0 Å². The molecule has 0 spiro atoms. The third-order valence-corrected chi connectivity index (χ3v) is 4.28. The van der Waals surface area contributed by atoms with Crippen molar-refractivity contribution in [3.8, 4) is 0 Å². The number of piperidine rings is 1. The van der Waals surface area contributed by atoms with Gasteiger partial charge in [0.15, 0.2) is 5.82 Å². The minimum atomic E-state index is -0.118. The molecule has 1 fully saturated rings. The van der Waals surface area contributed by atoms with Crippen molar-refractivity contribution in [2.45, 2.75) is 52.0 Å². The number of hydrogen-bond donors (Lipinski definition) is 0. The highest BCUT2D eigenvalue weighted by atomic mass is 16.5. The van der Waals surface area contributed by atoms with E-state index < -0.39 is 0 Å². The predicted octanol–water partition coefficient (Wildman–Crippen LogP) is 3.16. The van der Waals surface area contributed by atoms with Crippen LogP contribution in [-0.4, -0.2) is 32.5 Å². The van der Waals surface area contributed by atoms with Crippen molar-refractivity contribution in [1.29, 1.82) is 0 Å². The summed E-state index contributed by atoms with van der Waals surface area (Å²) in [4.78, 5) is 22.9. The van der Waals surface area contributed by atoms with Crippen LogP contribution in [0.2, 0.25) is 0 Å². The first kappa shape index (κ1) is 16.6. The van der Waals surface area contributed by atoms with E-state index in [0.29, 0.717) is 30.5 Å². The molecule has 3 heterocycles. The minimum absolute atomic E-state index is 0.118. The van der Waals surface area contributed by atoms with E-state index in [1.165, 1.54) is 0 Å². The molecule has 2 aromatic heterocycles. The number of carbonyl (C=O) groups is 1. The Labute approximate surface area is 142 Å². The summed E-state index contributed by atoms with van der Waals surface area (Å²) >= 11 is 0. The molecule has 1 aliphatic rings. The number of aromatic nitrogens is 3. The second-order valence-corrected chi connectivity index (χ2v) is 6.78. The summed E-state index contributed by atoms with van der Waals surface area (Å²) in [5, 5.41) is 4.11. The maximum absolute atomic E-state index is 12.3. The third kappa shape index (κ3) is 3.99. The first-order valence-electron chi connectivity index (χ1n) is 8.64. The Morgan fingerprint density at radius 3 is 2.92 bits per heavy atom. The van der Waals surface area contributed by atoms with Crippen LogP contribution < -0.4 is 0 Å². The molecular weight excluding hydrogens is 304 g/mol. The highest BCUT2D eigenvalue weighted by molar-refractivity contribution is 5.77. The number of hydrogen-bond acceptors (Lipinski definition) is 5. The summed E-state index contributed by atoms with van der Waals surface area (Å²) in [5.74, 6) is 1.83. The normalized spacial score (nSPS) is 16.6. The van der Waals surface area contributed by atoms with Gasteiger partial charge in [-0.2, -0.15) is 4.98 Å². The van der Waals surface area contributed by atoms with E-state index in [2.05, 4.69) is 29.0 Å². The molecule has 0 aliphatic carbocycles. The van der Waals surface area contributed by atoms with Gasteiger partial charge in [-0.25, -0.2) is 0 Å². The maximum atomic E-state index is 12.3. The molecule has 0 saturated carbocycles. The van der Waals surface area contributed by atoms with Crippen molar-refractivity contribution in [2.75, 3.05) is 6.54 Å². The summed E-state index contributed by atoms with van der Waals surface area (Å²) in [5.41, 5.74) is 1.04. The molecule has 6 nitrogen and oxygen atoms in total. The Bertz CT molecular complexity index is 669. The van der Waals surface area contributed by atoms with Crippen LogP contribution in [0.1, 0.15) is 62.9 Å². The van der Waals surface area contributed by atoms with Gasteiger partial charge in [0.05, 0.1) is 0 Å². The van der Waals surface area contributed by atoms with Gasteiger partial charge in [0, 0.05) is 31.8 Å². The van der Waals surface area contributed by atoms with Crippen LogP contribution in [0.3, 0.4) is 0 Å². The first-order chi connectivity index (χ1) is 11.6. The Kier molecular flexibility index (Phi) is 5.23. The molecule has 1 aliphatic heterocycles. The average molecular weight is 328 g/mol. The van der Waals surface area contributed by atoms with Crippen molar-refractivity contribution in [3.63, 3.8) is 0 Å². The molecule has 128 valence electrons. The van der Waals surface area contributed by atoms with Gasteiger partial charge in [-0.1, -0.05) is 25.1 Å². The van der Waals surface area contributed by atoms with E-state index in [4.69, 9.17) is 4.52 Å². The van der Waals surface area contributed by atoms with Gasteiger partial charge in [0.2, 0.25) is 11.8 Å². The Morgan fingerprint density at radius 1 is 1.33 bits per heavy atom. The fourth-order valence-corrected chi connectivity index (χ4v) is 3.12. The molecule has 1 atom stereocenters. The molecule has 6 heteroatoms. The Morgan fingerprint density at radius 2 is 2.21 bits per heavy atom. The van der Waals surface area contributed by atoms with E-state index in [0.717, 1.165) is 31.4 Å². The SMILES string of the molecule is CC(C)CC(c1nc(Cc2cccnc2)no1)N1CCCCC1=O. The highest BCUT2D eigenvalue weighted by Gasteiger charge is 2.31. The molecule has 1 amide bonds. The second kappa shape index (κ2) is 7.55. The fourth-order valence-electron chi connectivity index (χ4n) is 3.12. The van der Waals surface area contributed by atoms with Crippen LogP contribution in [0.5, 0.6) is 0 Å². The van der Waals surface area contributed by atoms with E-state index >= 15 is 0 Å². The molecule has 2 aromatic rings. The molecule has 0 radical (unpaired) electrons. The summed E-state index contributed by atoms with van der Waals surface area (Å²) in [6, 6.07) is 3.76. The van der Waals surface area contributed by atoms with Gasteiger partial charge in [0.25, 0.3) is 0 Å². The lowest BCUT2D eigenvalue weighted by Gasteiger charge is -2.33. The van der Waals surface area contributed by atoms with Crippen molar-refractivity contribution in [2.24, 2.45) is 5.92 Å². The number of likely N-dealkylation sites (tertiary alicyclic amines) is 1. The zero-order valence-corrected chi connectivity index (χ0v) is 14.3. The first-order valence-corrected chi connectivity index (χ1v) is 8.64. The summed E-state index contributed by atoms with van der Waals surface area (Å²) in [7, 11) is 0. The van der Waals surface area contributed by atoms with Crippen LogP contribution in [0, 0.1) is 5.92 Å². The number of nitrogens with zero attached hydrogens (tertiary/aromatic N) is 4.